The Labute approximate surface area is 214 Å². The Morgan fingerprint density at radius 1 is 1.08 bits per heavy atom. The number of ether oxygens (including phenoxy) is 1. The molecular formula is C27H30N4O4S. The van der Waals surface area contributed by atoms with Gasteiger partial charge in [0.15, 0.2) is 0 Å². The maximum Gasteiger partial charge on any atom is 0.251 e. The van der Waals surface area contributed by atoms with Crippen LogP contribution in [0.3, 0.4) is 0 Å². The molecule has 1 unspecified atom stereocenters. The number of carbonyl (C=O) groups excluding carboxylic acids is 3. The Bertz CT molecular complexity index is 1190. The van der Waals surface area contributed by atoms with Crippen LogP contribution in [0.25, 0.3) is 0 Å². The number of likely N-dealkylation sites (tertiary alicyclic amines) is 1. The van der Waals surface area contributed by atoms with Crippen LogP contribution in [-0.4, -0.2) is 41.8 Å². The average molecular weight is 507 g/mol. The van der Waals surface area contributed by atoms with Crippen LogP contribution in [0, 0.1) is 0 Å². The number of carbonyl (C=O) groups is 3. The number of nitrogens with one attached hydrogen (secondary N) is 2. The summed E-state index contributed by atoms with van der Waals surface area (Å²) in [6.07, 6.45) is 1.35. The molecule has 0 bridgehead atoms. The summed E-state index contributed by atoms with van der Waals surface area (Å²) in [5.41, 5.74) is 7.35. The highest BCUT2D eigenvalue weighted by Gasteiger charge is 2.33. The first-order chi connectivity index (χ1) is 17.4. The summed E-state index contributed by atoms with van der Waals surface area (Å²) in [6, 6.07) is 17.5. The van der Waals surface area contributed by atoms with E-state index in [1.54, 1.807) is 40.5 Å². The van der Waals surface area contributed by atoms with E-state index >= 15 is 0 Å². The SMILES string of the molecule is CC(N)c1csc(CNC(=O)[C@@H]2CCCN2C(=O)CNC(=O)c2ccc(Oc3ccccc3)cc2)c1. The number of benzene rings is 2. The molecule has 9 heteroatoms. The summed E-state index contributed by atoms with van der Waals surface area (Å²) in [7, 11) is 0. The molecule has 0 spiro atoms. The van der Waals surface area contributed by atoms with Crippen molar-refractivity contribution >= 4 is 29.1 Å². The molecular weight excluding hydrogens is 476 g/mol. The number of hydrogen-bond donors (Lipinski definition) is 3. The Morgan fingerprint density at radius 2 is 1.81 bits per heavy atom. The van der Waals surface area contributed by atoms with Crippen molar-refractivity contribution in [3.8, 4) is 11.5 Å². The van der Waals surface area contributed by atoms with Crippen LogP contribution < -0.4 is 21.1 Å². The summed E-state index contributed by atoms with van der Waals surface area (Å²) in [5.74, 6) is 0.487. The largest absolute Gasteiger partial charge is 0.457 e. The lowest BCUT2D eigenvalue weighted by atomic mass is 10.2. The van der Waals surface area contributed by atoms with Crippen LogP contribution in [0.5, 0.6) is 11.5 Å². The zero-order chi connectivity index (χ0) is 25.5. The molecule has 4 rings (SSSR count). The fourth-order valence-electron chi connectivity index (χ4n) is 4.02. The van der Waals surface area contributed by atoms with Gasteiger partial charge in [0.2, 0.25) is 11.8 Å². The highest BCUT2D eigenvalue weighted by Crippen LogP contribution is 2.22. The molecule has 4 N–H and O–H groups in total. The van der Waals surface area contributed by atoms with Gasteiger partial charge in [-0.15, -0.1) is 11.3 Å². The average Bonchev–Trinajstić information content (AvgIpc) is 3.57. The van der Waals surface area contributed by atoms with Crippen LogP contribution in [0.15, 0.2) is 66.0 Å². The van der Waals surface area contributed by atoms with Gasteiger partial charge in [0, 0.05) is 23.0 Å². The molecule has 0 saturated carbocycles. The first kappa shape index (κ1) is 25.4. The zero-order valence-corrected chi connectivity index (χ0v) is 20.9. The predicted octanol–water partition coefficient (Wildman–Crippen LogP) is 3.60. The minimum atomic E-state index is -0.531. The van der Waals surface area contributed by atoms with E-state index in [9.17, 15) is 14.4 Å². The van der Waals surface area contributed by atoms with E-state index in [1.165, 1.54) is 0 Å². The summed E-state index contributed by atoms with van der Waals surface area (Å²) < 4.78 is 5.74. The Kier molecular flexibility index (Phi) is 8.35. The van der Waals surface area contributed by atoms with Gasteiger partial charge in [-0.1, -0.05) is 18.2 Å². The number of thiophene rings is 1. The quantitative estimate of drug-likeness (QED) is 0.410. The van der Waals surface area contributed by atoms with Crippen molar-refractivity contribution in [2.75, 3.05) is 13.1 Å². The van der Waals surface area contributed by atoms with Gasteiger partial charge in [-0.3, -0.25) is 14.4 Å². The van der Waals surface area contributed by atoms with Gasteiger partial charge in [0.05, 0.1) is 13.1 Å². The van der Waals surface area contributed by atoms with E-state index in [2.05, 4.69) is 10.6 Å². The third-order valence-corrected chi connectivity index (χ3v) is 6.96. The summed E-state index contributed by atoms with van der Waals surface area (Å²) in [5, 5.41) is 7.58. The maximum atomic E-state index is 12.8. The lowest BCUT2D eigenvalue weighted by Gasteiger charge is -2.24. The van der Waals surface area contributed by atoms with E-state index < -0.39 is 6.04 Å². The first-order valence-corrected chi connectivity index (χ1v) is 12.8. The fraction of sp³-hybridized carbons (Fsp3) is 0.296. The zero-order valence-electron chi connectivity index (χ0n) is 20.1. The number of hydrogen-bond acceptors (Lipinski definition) is 6. The molecule has 1 saturated heterocycles. The van der Waals surface area contributed by atoms with Crippen molar-refractivity contribution in [1.29, 1.82) is 0 Å². The molecule has 0 aliphatic carbocycles. The molecule has 3 aromatic rings. The molecule has 3 amide bonds. The number of nitrogens with zero attached hydrogens (tertiary/aromatic N) is 1. The predicted molar refractivity (Wildman–Crippen MR) is 139 cm³/mol. The van der Waals surface area contributed by atoms with Crippen molar-refractivity contribution < 1.29 is 19.1 Å². The third-order valence-electron chi connectivity index (χ3n) is 6.01. The van der Waals surface area contributed by atoms with Crippen molar-refractivity contribution in [2.24, 2.45) is 5.73 Å². The van der Waals surface area contributed by atoms with Gasteiger partial charge in [-0.05, 0) is 73.2 Å². The first-order valence-electron chi connectivity index (χ1n) is 11.9. The van der Waals surface area contributed by atoms with E-state index in [0.717, 1.165) is 16.9 Å². The van der Waals surface area contributed by atoms with Crippen LogP contribution in [0.4, 0.5) is 0 Å². The second-order valence-corrected chi connectivity index (χ2v) is 9.72. The second-order valence-electron chi connectivity index (χ2n) is 8.72. The van der Waals surface area contributed by atoms with Crippen molar-refractivity contribution in [3.63, 3.8) is 0 Å². The molecule has 36 heavy (non-hydrogen) atoms. The second kappa shape index (κ2) is 11.8. The molecule has 1 fully saturated rings. The normalized spacial score (nSPS) is 15.8. The number of nitrogens with two attached hydrogens (primary N) is 1. The molecule has 1 aliphatic heterocycles. The Hall–Kier alpha value is -3.69. The van der Waals surface area contributed by atoms with Crippen molar-refractivity contribution in [1.82, 2.24) is 15.5 Å². The highest BCUT2D eigenvalue weighted by molar-refractivity contribution is 7.10. The van der Waals surface area contributed by atoms with Gasteiger partial charge in [0.1, 0.15) is 17.5 Å². The minimum absolute atomic E-state index is 0.0515. The molecule has 1 aromatic heterocycles. The molecule has 0 radical (unpaired) electrons. The molecule has 8 nitrogen and oxygen atoms in total. The molecule has 2 aromatic carbocycles. The number of amides is 3. The Balaban J connectivity index is 1.25. The molecule has 2 atom stereocenters. The molecule has 1 aliphatic rings. The maximum absolute atomic E-state index is 12.8. The lowest BCUT2D eigenvalue weighted by Crippen LogP contribution is -2.48. The van der Waals surface area contributed by atoms with Crippen molar-refractivity contribution in [3.05, 3.63) is 82.0 Å². The fourth-order valence-corrected chi connectivity index (χ4v) is 4.95. The lowest BCUT2D eigenvalue weighted by molar-refractivity contribution is -0.137. The van der Waals surface area contributed by atoms with Crippen LogP contribution >= 0.6 is 11.3 Å². The van der Waals surface area contributed by atoms with Gasteiger partial charge in [-0.2, -0.15) is 0 Å². The highest BCUT2D eigenvalue weighted by atomic mass is 32.1. The van der Waals surface area contributed by atoms with E-state index in [-0.39, 0.29) is 30.3 Å². The van der Waals surface area contributed by atoms with Crippen LogP contribution in [0.1, 0.15) is 46.6 Å². The smallest absolute Gasteiger partial charge is 0.251 e. The van der Waals surface area contributed by atoms with E-state index in [1.807, 2.05) is 48.7 Å². The molecule has 188 valence electrons. The minimum Gasteiger partial charge on any atom is -0.457 e. The van der Waals surface area contributed by atoms with Crippen molar-refractivity contribution in [2.45, 2.75) is 38.4 Å². The summed E-state index contributed by atoms with van der Waals surface area (Å²) >= 11 is 1.55. The third kappa shape index (κ3) is 6.50. The Morgan fingerprint density at radius 3 is 2.50 bits per heavy atom. The van der Waals surface area contributed by atoms with Gasteiger partial charge >= 0.3 is 0 Å². The van der Waals surface area contributed by atoms with Crippen LogP contribution in [0.2, 0.25) is 0 Å². The standard InChI is InChI=1S/C27H30N4O4S/c1-18(28)20-14-23(36-17-20)15-29-27(34)24-8-5-13-31(24)25(32)16-30-26(33)19-9-11-22(12-10-19)35-21-6-3-2-4-7-21/h2-4,6-7,9-12,14,17-18,24H,5,8,13,15-16,28H2,1H3,(H,29,34)(H,30,33)/t18?,24-/m0/s1. The monoisotopic (exact) mass is 506 g/mol. The number of rotatable bonds is 9. The summed E-state index contributed by atoms with van der Waals surface area (Å²) in [4.78, 5) is 40.7. The van der Waals surface area contributed by atoms with E-state index in [0.29, 0.717) is 36.6 Å². The van der Waals surface area contributed by atoms with Gasteiger partial charge < -0.3 is 26.0 Å². The molecule has 2 heterocycles. The van der Waals surface area contributed by atoms with Gasteiger partial charge in [0.25, 0.3) is 5.91 Å². The number of para-hydroxylation sites is 1. The van der Waals surface area contributed by atoms with Gasteiger partial charge in [-0.25, -0.2) is 0 Å². The summed E-state index contributed by atoms with van der Waals surface area (Å²) in [6.45, 7) is 2.63. The van der Waals surface area contributed by atoms with E-state index in [4.69, 9.17) is 10.5 Å². The topological polar surface area (TPSA) is 114 Å². The van der Waals surface area contributed by atoms with Crippen LogP contribution in [-0.2, 0) is 16.1 Å².